The zero-order valence-electron chi connectivity index (χ0n) is 10.2. The summed E-state index contributed by atoms with van der Waals surface area (Å²) in [6, 6.07) is 4.27. The summed E-state index contributed by atoms with van der Waals surface area (Å²) < 4.78 is 31.8. The van der Waals surface area contributed by atoms with E-state index in [1.807, 2.05) is 0 Å². The highest BCUT2D eigenvalue weighted by molar-refractivity contribution is 5.31. The Bertz CT molecular complexity index is 439. The molecule has 0 aliphatic carbocycles. The second kappa shape index (κ2) is 4.59. The first-order chi connectivity index (χ1) is 8.72. The number of benzene rings is 1. The molecule has 0 bridgehead atoms. The molecule has 2 aliphatic heterocycles. The van der Waals surface area contributed by atoms with Gasteiger partial charge in [-0.25, -0.2) is 8.78 Å². The van der Waals surface area contributed by atoms with E-state index in [-0.39, 0.29) is 5.41 Å². The normalized spacial score (nSPS) is 26.7. The lowest BCUT2D eigenvalue weighted by atomic mass is 9.66. The van der Waals surface area contributed by atoms with Gasteiger partial charge in [0.05, 0.1) is 13.2 Å². The average molecular weight is 253 g/mol. The van der Waals surface area contributed by atoms with E-state index in [2.05, 4.69) is 5.32 Å². The molecule has 0 spiro atoms. The predicted octanol–water partition coefficient (Wildman–Crippen LogP) is 2.23. The Morgan fingerprint density at radius 1 is 1.22 bits per heavy atom. The first kappa shape index (κ1) is 12.1. The van der Waals surface area contributed by atoms with Gasteiger partial charge in [0.15, 0.2) is 11.6 Å². The van der Waals surface area contributed by atoms with E-state index in [9.17, 15) is 8.78 Å². The van der Waals surface area contributed by atoms with Crippen LogP contribution in [-0.2, 0) is 10.2 Å². The lowest BCUT2D eigenvalue weighted by molar-refractivity contribution is -0.0949. The molecular weight excluding hydrogens is 236 g/mol. The molecule has 1 N–H and O–H groups in total. The molecule has 1 unspecified atom stereocenters. The summed E-state index contributed by atoms with van der Waals surface area (Å²) in [4.78, 5) is 0. The van der Waals surface area contributed by atoms with Crippen LogP contribution in [0.5, 0.6) is 0 Å². The van der Waals surface area contributed by atoms with E-state index in [0.717, 1.165) is 31.5 Å². The standard InChI is InChI=1S/C14H17F2NO/c15-12-4-3-10(6-13(12)16)14(8-18-9-14)11-2-1-5-17-7-11/h3-4,6,11,17H,1-2,5,7-9H2. The molecule has 4 heteroatoms. The highest BCUT2D eigenvalue weighted by Crippen LogP contribution is 2.42. The Labute approximate surface area is 105 Å². The minimum absolute atomic E-state index is 0.123. The number of piperidine rings is 1. The fourth-order valence-corrected chi connectivity index (χ4v) is 3.09. The second-order valence-corrected chi connectivity index (χ2v) is 5.32. The molecule has 2 nitrogen and oxygen atoms in total. The van der Waals surface area contributed by atoms with Crippen LogP contribution in [0.15, 0.2) is 18.2 Å². The molecule has 98 valence electrons. The number of hydrogen-bond donors (Lipinski definition) is 1. The lowest BCUT2D eigenvalue weighted by Crippen LogP contribution is -2.56. The van der Waals surface area contributed by atoms with Gasteiger partial charge in [0.25, 0.3) is 0 Å². The zero-order chi connectivity index (χ0) is 12.6. The Morgan fingerprint density at radius 3 is 2.61 bits per heavy atom. The summed E-state index contributed by atoms with van der Waals surface area (Å²) in [5.74, 6) is -1.09. The van der Waals surface area contributed by atoms with E-state index in [1.165, 1.54) is 12.1 Å². The second-order valence-electron chi connectivity index (χ2n) is 5.32. The molecular formula is C14H17F2NO. The number of rotatable bonds is 2. The van der Waals surface area contributed by atoms with Crippen molar-refractivity contribution in [1.82, 2.24) is 5.32 Å². The monoisotopic (exact) mass is 253 g/mol. The zero-order valence-corrected chi connectivity index (χ0v) is 10.2. The van der Waals surface area contributed by atoms with Crippen molar-refractivity contribution in [3.05, 3.63) is 35.4 Å². The highest BCUT2D eigenvalue weighted by Gasteiger charge is 2.47. The third-order valence-electron chi connectivity index (χ3n) is 4.29. The molecule has 1 aromatic rings. The molecule has 3 rings (SSSR count). The summed E-state index contributed by atoms with van der Waals surface area (Å²) in [6.07, 6.45) is 2.26. The number of hydrogen-bond acceptors (Lipinski definition) is 2. The van der Waals surface area contributed by atoms with Gasteiger partial charge in [0.2, 0.25) is 0 Å². The van der Waals surface area contributed by atoms with Crippen molar-refractivity contribution in [3.63, 3.8) is 0 Å². The Balaban J connectivity index is 1.92. The van der Waals surface area contributed by atoms with Crippen LogP contribution in [0.3, 0.4) is 0 Å². The summed E-state index contributed by atoms with van der Waals surface area (Å²) >= 11 is 0. The minimum Gasteiger partial charge on any atom is -0.379 e. The summed E-state index contributed by atoms with van der Waals surface area (Å²) in [6.45, 7) is 3.21. The molecule has 2 fully saturated rings. The van der Waals surface area contributed by atoms with Gasteiger partial charge < -0.3 is 10.1 Å². The largest absolute Gasteiger partial charge is 0.379 e. The van der Waals surface area contributed by atoms with Crippen LogP contribution >= 0.6 is 0 Å². The summed E-state index contributed by atoms with van der Waals surface area (Å²) in [5, 5.41) is 3.38. The SMILES string of the molecule is Fc1ccc(C2(C3CCCNC3)COC2)cc1F. The Kier molecular flexibility index (Phi) is 3.08. The third-order valence-corrected chi connectivity index (χ3v) is 4.29. The molecule has 0 aromatic heterocycles. The van der Waals surface area contributed by atoms with Gasteiger partial charge in [0.1, 0.15) is 0 Å². The van der Waals surface area contributed by atoms with Gasteiger partial charge in [-0.2, -0.15) is 0 Å². The van der Waals surface area contributed by atoms with Gasteiger partial charge in [-0.1, -0.05) is 6.07 Å². The van der Waals surface area contributed by atoms with Gasteiger partial charge >= 0.3 is 0 Å². The maximum Gasteiger partial charge on any atom is 0.159 e. The Hall–Kier alpha value is -1.00. The van der Waals surface area contributed by atoms with Crippen molar-refractivity contribution in [1.29, 1.82) is 0 Å². The molecule has 0 saturated carbocycles. The van der Waals surface area contributed by atoms with Crippen LogP contribution in [0.25, 0.3) is 0 Å². The van der Waals surface area contributed by atoms with Crippen molar-refractivity contribution in [2.45, 2.75) is 18.3 Å². The summed E-state index contributed by atoms with van der Waals surface area (Å²) in [5.41, 5.74) is 0.753. The van der Waals surface area contributed by atoms with E-state index < -0.39 is 11.6 Å². The number of ether oxygens (including phenoxy) is 1. The van der Waals surface area contributed by atoms with Crippen LogP contribution in [0.4, 0.5) is 8.78 Å². The average Bonchev–Trinajstić information content (AvgIpc) is 2.34. The third kappa shape index (κ3) is 1.84. The number of halogens is 2. The van der Waals surface area contributed by atoms with Crippen molar-refractivity contribution < 1.29 is 13.5 Å². The minimum atomic E-state index is -0.782. The first-order valence-corrected chi connectivity index (χ1v) is 6.46. The Morgan fingerprint density at radius 2 is 2.06 bits per heavy atom. The van der Waals surface area contributed by atoms with Crippen molar-refractivity contribution >= 4 is 0 Å². The molecule has 1 atom stereocenters. The maximum atomic E-state index is 13.4. The fraction of sp³-hybridized carbons (Fsp3) is 0.571. The predicted molar refractivity (Wildman–Crippen MR) is 64.4 cm³/mol. The molecule has 2 heterocycles. The highest BCUT2D eigenvalue weighted by atomic mass is 19.2. The molecule has 0 radical (unpaired) electrons. The molecule has 2 saturated heterocycles. The van der Waals surface area contributed by atoms with Crippen LogP contribution in [0.2, 0.25) is 0 Å². The summed E-state index contributed by atoms with van der Waals surface area (Å²) in [7, 11) is 0. The topological polar surface area (TPSA) is 21.3 Å². The van der Waals surface area contributed by atoms with Crippen molar-refractivity contribution in [3.8, 4) is 0 Å². The number of nitrogens with one attached hydrogen (secondary N) is 1. The van der Waals surface area contributed by atoms with Crippen LogP contribution in [0.1, 0.15) is 18.4 Å². The van der Waals surface area contributed by atoms with Gasteiger partial charge in [-0.15, -0.1) is 0 Å². The smallest absolute Gasteiger partial charge is 0.159 e. The van der Waals surface area contributed by atoms with E-state index in [4.69, 9.17) is 4.74 Å². The van der Waals surface area contributed by atoms with Crippen LogP contribution in [-0.4, -0.2) is 26.3 Å². The molecule has 1 aromatic carbocycles. The van der Waals surface area contributed by atoms with Crippen LogP contribution in [0, 0.1) is 17.6 Å². The maximum absolute atomic E-state index is 13.4. The van der Waals surface area contributed by atoms with Crippen molar-refractivity contribution in [2.75, 3.05) is 26.3 Å². The van der Waals surface area contributed by atoms with E-state index in [1.54, 1.807) is 6.07 Å². The van der Waals surface area contributed by atoms with E-state index >= 15 is 0 Å². The lowest BCUT2D eigenvalue weighted by Gasteiger charge is -2.49. The molecule has 0 amide bonds. The van der Waals surface area contributed by atoms with Crippen LogP contribution < -0.4 is 5.32 Å². The first-order valence-electron chi connectivity index (χ1n) is 6.46. The van der Waals surface area contributed by atoms with Gasteiger partial charge in [-0.3, -0.25) is 0 Å². The van der Waals surface area contributed by atoms with Gasteiger partial charge in [0, 0.05) is 5.41 Å². The molecule has 2 aliphatic rings. The van der Waals surface area contributed by atoms with Gasteiger partial charge in [-0.05, 0) is 49.5 Å². The van der Waals surface area contributed by atoms with Crippen molar-refractivity contribution in [2.24, 2.45) is 5.92 Å². The fourth-order valence-electron chi connectivity index (χ4n) is 3.09. The molecule has 18 heavy (non-hydrogen) atoms. The van der Waals surface area contributed by atoms with E-state index in [0.29, 0.717) is 19.1 Å². The quantitative estimate of drug-likeness (QED) is 0.872.